The molecule has 1 aromatic rings. The quantitative estimate of drug-likeness (QED) is 0.717. The average molecular weight is 254 g/mol. The number of hydrogen-bond acceptors (Lipinski definition) is 1. The summed E-state index contributed by atoms with van der Waals surface area (Å²) >= 11 is 17.6. The van der Waals surface area contributed by atoms with E-state index in [0.717, 1.165) is 12.0 Å². The molecule has 0 aliphatic heterocycles. The predicted molar refractivity (Wildman–Crippen MR) is 61.8 cm³/mol. The van der Waals surface area contributed by atoms with E-state index in [1.807, 2.05) is 6.92 Å². The zero-order chi connectivity index (χ0) is 10.6. The standard InChI is InChI=1S/C10H11Cl3O/c1-2-3-14-10-7(6-11)4-8(12)5-9(10)13/h4-5H,2-3,6H2,1H3. The van der Waals surface area contributed by atoms with E-state index in [-0.39, 0.29) is 0 Å². The van der Waals surface area contributed by atoms with Gasteiger partial charge in [0.15, 0.2) is 0 Å². The van der Waals surface area contributed by atoms with E-state index in [1.54, 1.807) is 12.1 Å². The molecule has 0 saturated heterocycles. The van der Waals surface area contributed by atoms with E-state index in [2.05, 4.69) is 0 Å². The molecule has 0 amide bonds. The SMILES string of the molecule is CCCOc1c(Cl)cc(Cl)cc1CCl. The van der Waals surface area contributed by atoms with Crippen LogP contribution in [0.2, 0.25) is 10.0 Å². The van der Waals surface area contributed by atoms with Crippen LogP contribution in [0.15, 0.2) is 12.1 Å². The van der Waals surface area contributed by atoms with E-state index in [9.17, 15) is 0 Å². The molecule has 0 bridgehead atoms. The summed E-state index contributed by atoms with van der Waals surface area (Å²) in [5, 5.41) is 1.09. The van der Waals surface area contributed by atoms with Crippen molar-refractivity contribution in [3.8, 4) is 5.75 Å². The average Bonchev–Trinajstić information content (AvgIpc) is 2.15. The highest BCUT2D eigenvalue weighted by atomic mass is 35.5. The number of rotatable bonds is 4. The third-order valence-electron chi connectivity index (χ3n) is 1.68. The minimum absolute atomic E-state index is 0.347. The van der Waals surface area contributed by atoms with E-state index < -0.39 is 0 Å². The lowest BCUT2D eigenvalue weighted by Gasteiger charge is -2.11. The van der Waals surface area contributed by atoms with Crippen molar-refractivity contribution in [3.05, 3.63) is 27.7 Å². The zero-order valence-electron chi connectivity index (χ0n) is 7.82. The number of benzene rings is 1. The molecule has 0 N–H and O–H groups in total. The van der Waals surface area contributed by atoms with E-state index in [4.69, 9.17) is 39.5 Å². The van der Waals surface area contributed by atoms with E-state index in [0.29, 0.717) is 28.3 Å². The lowest BCUT2D eigenvalue weighted by atomic mass is 10.2. The summed E-state index contributed by atoms with van der Waals surface area (Å²) in [5.41, 5.74) is 0.831. The number of alkyl halides is 1. The van der Waals surface area contributed by atoms with Gasteiger partial charge in [0, 0.05) is 10.6 Å². The van der Waals surface area contributed by atoms with Gasteiger partial charge in [-0.2, -0.15) is 0 Å². The van der Waals surface area contributed by atoms with Gasteiger partial charge in [0.25, 0.3) is 0 Å². The summed E-state index contributed by atoms with van der Waals surface area (Å²) in [4.78, 5) is 0. The van der Waals surface area contributed by atoms with Crippen molar-refractivity contribution in [2.45, 2.75) is 19.2 Å². The zero-order valence-corrected chi connectivity index (χ0v) is 10.1. The van der Waals surface area contributed by atoms with Crippen LogP contribution in [0.1, 0.15) is 18.9 Å². The first kappa shape index (κ1) is 12.0. The fraction of sp³-hybridized carbons (Fsp3) is 0.400. The maximum atomic E-state index is 5.98. The molecule has 0 heterocycles. The maximum absolute atomic E-state index is 5.98. The van der Waals surface area contributed by atoms with Gasteiger partial charge < -0.3 is 4.74 Å². The Kier molecular flexibility index (Phi) is 4.86. The number of hydrogen-bond donors (Lipinski definition) is 0. The van der Waals surface area contributed by atoms with Gasteiger partial charge in [0.2, 0.25) is 0 Å². The molecule has 0 unspecified atom stereocenters. The molecule has 0 aliphatic rings. The van der Waals surface area contributed by atoms with Crippen molar-refractivity contribution in [1.82, 2.24) is 0 Å². The van der Waals surface area contributed by atoms with Crippen LogP contribution in [0, 0.1) is 0 Å². The van der Waals surface area contributed by atoms with Crippen molar-refractivity contribution >= 4 is 34.8 Å². The van der Waals surface area contributed by atoms with Gasteiger partial charge in [-0.05, 0) is 18.6 Å². The molecule has 1 nitrogen and oxygen atoms in total. The molecular formula is C10H11Cl3O. The fourth-order valence-electron chi connectivity index (χ4n) is 1.08. The topological polar surface area (TPSA) is 9.23 Å². The molecule has 1 aromatic carbocycles. The minimum atomic E-state index is 0.347. The summed E-state index contributed by atoms with van der Waals surface area (Å²) in [6.07, 6.45) is 0.931. The van der Waals surface area contributed by atoms with Crippen molar-refractivity contribution in [1.29, 1.82) is 0 Å². The number of halogens is 3. The van der Waals surface area contributed by atoms with Crippen LogP contribution in [0.3, 0.4) is 0 Å². The van der Waals surface area contributed by atoms with Crippen LogP contribution in [0.25, 0.3) is 0 Å². The molecular weight excluding hydrogens is 242 g/mol. The van der Waals surface area contributed by atoms with Crippen molar-refractivity contribution in [2.75, 3.05) is 6.61 Å². The monoisotopic (exact) mass is 252 g/mol. The molecule has 14 heavy (non-hydrogen) atoms. The highest BCUT2D eigenvalue weighted by Gasteiger charge is 2.09. The largest absolute Gasteiger partial charge is 0.492 e. The smallest absolute Gasteiger partial charge is 0.142 e. The lowest BCUT2D eigenvalue weighted by Crippen LogP contribution is -1.98. The molecule has 0 fully saturated rings. The van der Waals surface area contributed by atoms with Crippen LogP contribution in [-0.4, -0.2) is 6.61 Å². The summed E-state index contributed by atoms with van der Waals surface area (Å²) in [7, 11) is 0. The molecule has 0 atom stereocenters. The first-order valence-electron chi connectivity index (χ1n) is 4.35. The predicted octanol–water partition coefficient (Wildman–Crippen LogP) is 4.52. The van der Waals surface area contributed by atoms with Crippen LogP contribution in [-0.2, 0) is 5.88 Å². The van der Waals surface area contributed by atoms with Crippen molar-refractivity contribution in [3.63, 3.8) is 0 Å². The van der Waals surface area contributed by atoms with Gasteiger partial charge in [-0.1, -0.05) is 30.1 Å². The van der Waals surface area contributed by atoms with Gasteiger partial charge in [0.1, 0.15) is 5.75 Å². The third-order valence-corrected chi connectivity index (χ3v) is 2.47. The van der Waals surface area contributed by atoms with Gasteiger partial charge in [0.05, 0.1) is 17.5 Å². The van der Waals surface area contributed by atoms with Crippen LogP contribution < -0.4 is 4.74 Å². The van der Waals surface area contributed by atoms with Gasteiger partial charge in [-0.3, -0.25) is 0 Å². The summed E-state index contributed by atoms with van der Waals surface area (Å²) in [6, 6.07) is 3.43. The Morgan fingerprint density at radius 1 is 1.29 bits per heavy atom. The van der Waals surface area contributed by atoms with E-state index >= 15 is 0 Å². The Bertz CT molecular complexity index is 312. The Morgan fingerprint density at radius 3 is 2.57 bits per heavy atom. The second kappa shape index (κ2) is 5.69. The Morgan fingerprint density at radius 2 is 2.00 bits per heavy atom. The Hall–Kier alpha value is -0.110. The summed E-state index contributed by atoms with van der Waals surface area (Å²) in [5.74, 6) is 0.993. The molecule has 0 saturated carbocycles. The fourth-order valence-corrected chi connectivity index (χ4v) is 1.87. The van der Waals surface area contributed by atoms with Crippen LogP contribution in [0.4, 0.5) is 0 Å². The lowest BCUT2D eigenvalue weighted by molar-refractivity contribution is 0.315. The summed E-state index contributed by atoms with van der Waals surface area (Å²) in [6.45, 7) is 2.66. The molecule has 4 heteroatoms. The van der Waals surface area contributed by atoms with Crippen molar-refractivity contribution in [2.24, 2.45) is 0 Å². The Balaban J connectivity index is 2.99. The molecule has 0 spiro atoms. The Labute approximate surface area is 98.9 Å². The molecule has 78 valence electrons. The number of ether oxygens (including phenoxy) is 1. The van der Waals surface area contributed by atoms with Crippen LogP contribution >= 0.6 is 34.8 Å². The van der Waals surface area contributed by atoms with Gasteiger partial charge in [-0.25, -0.2) is 0 Å². The molecule has 0 radical (unpaired) electrons. The minimum Gasteiger partial charge on any atom is -0.492 e. The van der Waals surface area contributed by atoms with Crippen LogP contribution in [0.5, 0.6) is 5.75 Å². The highest BCUT2D eigenvalue weighted by molar-refractivity contribution is 6.35. The van der Waals surface area contributed by atoms with E-state index in [1.165, 1.54) is 0 Å². The normalized spacial score (nSPS) is 10.3. The van der Waals surface area contributed by atoms with Gasteiger partial charge in [-0.15, -0.1) is 11.6 Å². The summed E-state index contributed by atoms with van der Waals surface area (Å²) < 4.78 is 5.49. The van der Waals surface area contributed by atoms with Gasteiger partial charge >= 0.3 is 0 Å². The first-order chi connectivity index (χ1) is 6.69. The molecule has 0 aromatic heterocycles. The maximum Gasteiger partial charge on any atom is 0.142 e. The second-order valence-corrected chi connectivity index (χ2v) is 3.97. The molecule has 1 rings (SSSR count). The highest BCUT2D eigenvalue weighted by Crippen LogP contribution is 2.33. The van der Waals surface area contributed by atoms with Crippen molar-refractivity contribution < 1.29 is 4.74 Å². The second-order valence-electron chi connectivity index (χ2n) is 2.86. The molecule has 0 aliphatic carbocycles. The third kappa shape index (κ3) is 2.94. The first-order valence-corrected chi connectivity index (χ1v) is 5.64.